The second-order valence-corrected chi connectivity index (χ2v) is 7.07. The van der Waals surface area contributed by atoms with Gasteiger partial charge in [-0.05, 0) is 26.0 Å². The van der Waals surface area contributed by atoms with E-state index < -0.39 is 5.91 Å². The van der Waals surface area contributed by atoms with Gasteiger partial charge in [0, 0.05) is 35.9 Å². The van der Waals surface area contributed by atoms with Crippen LogP contribution in [0.15, 0.2) is 35.4 Å². The van der Waals surface area contributed by atoms with Crippen LogP contribution in [0.5, 0.6) is 0 Å². The van der Waals surface area contributed by atoms with Crippen LogP contribution < -0.4 is 10.9 Å². The van der Waals surface area contributed by atoms with Gasteiger partial charge in [-0.2, -0.15) is 0 Å². The van der Waals surface area contributed by atoms with E-state index >= 15 is 0 Å². The first-order valence-corrected chi connectivity index (χ1v) is 8.92. The summed E-state index contributed by atoms with van der Waals surface area (Å²) >= 11 is 1.43. The molecule has 1 N–H and O–H groups in total. The molecule has 4 aromatic rings. The van der Waals surface area contributed by atoms with Crippen molar-refractivity contribution in [3.63, 3.8) is 0 Å². The molecule has 0 bridgehead atoms. The van der Waals surface area contributed by atoms with Crippen LogP contribution in [-0.2, 0) is 6.42 Å². The monoisotopic (exact) mass is 368 g/mol. The second kappa shape index (κ2) is 6.34. The van der Waals surface area contributed by atoms with E-state index in [2.05, 4.69) is 20.5 Å². The first kappa shape index (κ1) is 16.4. The molecule has 0 spiro atoms. The molecule has 4 heterocycles. The summed E-state index contributed by atoms with van der Waals surface area (Å²) in [7, 11) is 0. The van der Waals surface area contributed by atoms with E-state index in [4.69, 9.17) is 0 Å². The number of nitrogens with one attached hydrogen (secondary N) is 1. The maximum absolute atomic E-state index is 12.6. The maximum Gasteiger partial charge on any atom is 0.271 e. The summed E-state index contributed by atoms with van der Waals surface area (Å²) in [6, 6.07) is 5.65. The molecule has 0 saturated heterocycles. The van der Waals surface area contributed by atoms with Crippen molar-refractivity contribution in [3.05, 3.63) is 62.9 Å². The molecule has 0 aromatic carbocycles. The summed E-state index contributed by atoms with van der Waals surface area (Å²) in [5.41, 5.74) is 1.26. The quantitative estimate of drug-likeness (QED) is 0.587. The third kappa shape index (κ3) is 2.66. The first-order valence-electron chi connectivity index (χ1n) is 8.11. The van der Waals surface area contributed by atoms with Gasteiger partial charge in [-0.15, -0.1) is 21.5 Å². The Morgan fingerprint density at radius 2 is 2.12 bits per heavy atom. The standard InChI is InChI=1S/C17H16N6O2S/c1-10-11(2)26-17-19-9-12(16(25)23(10)17)15(24)18-7-6-14-21-20-13-5-3-4-8-22(13)14/h3-5,8-9H,6-7H2,1-2H3,(H,18,24). The van der Waals surface area contributed by atoms with Crippen LogP contribution in [0.1, 0.15) is 26.8 Å². The molecule has 4 aromatic heterocycles. The van der Waals surface area contributed by atoms with Gasteiger partial charge in [0.25, 0.3) is 11.5 Å². The van der Waals surface area contributed by atoms with Crippen molar-refractivity contribution in [2.24, 2.45) is 0 Å². The molecule has 0 saturated carbocycles. The molecule has 0 radical (unpaired) electrons. The van der Waals surface area contributed by atoms with Crippen LogP contribution >= 0.6 is 11.3 Å². The fourth-order valence-corrected chi connectivity index (χ4v) is 3.71. The minimum atomic E-state index is -0.436. The van der Waals surface area contributed by atoms with Crippen LogP contribution in [0, 0.1) is 13.8 Å². The second-order valence-electron chi connectivity index (χ2n) is 5.89. The molecule has 0 atom stereocenters. The topological polar surface area (TPSA) is 93.7 Å². The van der Waals surface area contributed by atoms with Gasteiger partial charge in [-0.25, -0.2) is 4.98 Å². The zero-order valence-corrected chi connectivity index (χ0v) is 15.1. The van der Waals surface area contributed by atoms with Crippen molar-refractivity contribution >= 4 is 27.9 Å². The summed E-state index contributed by atoms with van der Waals surface area (Å²) in [6.07, 6.45) is 3.72. The Morgan fingerprint density at radius 3 is 2.96 bits per heavy atom. The molecular weight excluding hydrogens is 352 g/mol. The third-order valence-electron chi connectivity index (χ3n) is 4.28. The lowest BCUT2D eigenvalue weighted by Gasteiger charge is -2.05. The normalized spacial score (nSPS) is 11.3. The van der Waals surface area contributed by atoms with Gasteiger partial charge < -0.3 is 5.32 Å². The van der Waals surface area contributed by atoms with Crippen molar-refractivity contribution in [1.29, 1.82) is 0 Å². The van der Waals surface area contributed by atoms with Crippen molar-refractivity contribution in [2.45, 2.75) is 20.3 Å². The molecule has 0 aliphatic rings. The fraction of sp³-hybridized carbons (Fsp3) is 0.235. The number of fused-ring (bicyclic) bond motifs is 2. The Kier molecular flexibility index (Phi) is 4.00. The molecule has 0 aliphatic carbocycles. The van der Waals surface area contributed by atoms with Crippen molar-refractivity contribution < 1.29 is 4.79 Å². The molecule has 4 rings (SSSR count). The lowest BCUT2D eigenvalue weighted by Crippen LogP contribution is -2.33. The zero-order valence-electron chi connectivity index (χ0n) is 14.3. The van der Waals surface area contributed by atoms with Crippen LogP contribution in [0.3, 0.4) is 0 Å². The number of pyridine rings is 1. The number of aryl methyl sites for hydroxylation is 2. The Balaban J connectivity index is 1.52. The van der Waals surface area contributed by atoms with Crippen molar-refractivity contribution in [1.82, 2.24) is 29.3 Å². The van der Waals surface area contributed by atoms with Crippen LogP contribution in [0.25, 0.3) is 10.6 Å². The highest BCUT2D eigenvalue weighted by atomic mass is 32.1. The fourth-order valence-electron chi connectivity index (χ4n) is 2.78. The SMILES string of the molecule is Cc1sc2ncc(C(=O)NCCc3nnc4ccccn34)c(=O)n2c1C. The molecular formula is C17H16N6O2S. The van der Waals surface area contributed by atoms with Gasteiger partial charge >= 0.3 is 0 Å². The lowest BCUT2D eigenvalue weighted by molar-refractivity contribution is 0.0952. The number of hydrogen-bond donors (Lipinski definition) is 1. The minimum Gasteiger partial charge on any atom is -0.351 e. The summed E-state index contributed by atoms with van der Waals surface area (Å²) in [4.78, 5) is 30.9. The number of nitrogens with zero attached hydrogens (tertiary/aromatic N) is 5. The van der Waals surface area contributed by atoms with Gasteiger partial charge in [0.05, 0.1) is 0 Å². The average molecular weight is 368 g/mol. The third-order valence-corrected chi connectivity index (χ3v) is 5.35. The molecule has 1 amide bonds. The Hall–Kier alpha value is -3.07. The number of amides is 1. The van der Waals surface area contributed by atoms with Crippen molar-refractivity contribution in [3.8, 4) is 0 Å². The van der Waals surface area contributed by atoms with Crippen molar-refractivity contribution in [2.75, 3.05) is 6.54 Å². The summed E-state index contributed by atoms with van der Waals surface area (Å²) in [5, 5.41) is 11.0. The highest BCUT2D eigenvalue weighted by Crippen LogP contribution is 2.18. The lowest BCUT2D eigenvalue weighted by atomic mass is 10.3. The molecule has 0 aliphatic heterocycles. The minimum absolute atomic E-state index is 0.0366. The molecule has 9 heteroatoms. The molecule has 26 heavy (non-hydrogen) atoms. The summed E-state index contributed by atoms with van der Waals surface area (Å²) < 4.78 is 3.35. The zero-order chi connectivity index (χ0) is 18.3. The highest BCUT2D eigenvalue weighted by molar-refractivity contribution is 7.17. The summed E-state index contributed by atoms with van der Waals surface area (Å²) in [5.74, 6) is 0.310. The van der Waals surface area contributed by atoms with E-state index in [1.54, 1.807) is 0 Å². The Labute approximate surface area is 152 Å². The smallest absolute Gasteiger partial charge is 0.271 e. The van der Waals surface area contributed by atoms with E-state index in [1.165, 1.54) is 21.9 Å². The van der Waals surface area contributed by atoms with E-state index in [0.717, 1.165) is 22.0 Å². The Morgan fingerprint density at radius 1 is 1.27 bits per heavy atom. The van der Waals surface area contributed by atoms with Gasteiger partial charge in [-0.3, -0.25) is 18.4 Å². The largest absolute Gasteiger partial charge is 0.351 e. The predicted octanol–water partition coefficient (Wildman–Crippen LogP) is 1.39. The van der Waals surface area contributed by atoms with E-state index in [-0.39, 0.29) is 11.1 Å². The number of aromatic nitrogens is 5. The van der Waals surface area contributed by atoms with Gasteiger partial charge in [0.15, 0.2) is 10.6 Å². The van der Waals surface area contributed by atoms with Crippen LogP contribution in [0.2, 0.25) is 0 Å². The van der Waals surface area contributed by atoms with E-state index in [0.29, 0.717) is 17.9 Å². The van der Waals surface area contributed by atoms with E-state index in [1.807, 2.05) is 42.6 Å². The predicted molar refractivity (Wildman–Crippen MR) is 97.8 cm³/mol. The number of hydrogen-bond acceptors (Lipinski definition) is 6. The van der Waals surface area contributed by atoms with Gasteiger partial charge in [-0.1, -0.05) is 6.07 Å². The molecule has 0 fully saturated rings. The van der Waals surface area contributed by atoms with Gasteiger partial charge in [0.2, 0.25) is 0 Å². The average Bonchev–Trinajstić information content (AvgIpc) is 3.17. The highest BCUT2D eigenvalue weighted by Gasteiger charge is 2.16. The maximum atomic E-state index is 12.6. The number of carbonyl (C=O) groups is 1. The van der Waals surface area contributed by atoms with Crippen LogP contribution in [0.4, 0.5) is 0 Å². The first-order chi connectivity index (χ1) is 12.6. The van der Waals surface area contributed by atoms with Crippen LogP contribution in [-0.4, -0.2) is 36.4 Å². The molecule has 8 nitrogen and oxygen atoms in total. The Bertz CT molecular complexity index is 1190. The molecule has 132 valence electrons. The number of thiazole rings is 1. The summed E-state index contributed by atoms with van der Waals surface area (Å²) in [6.45, 7) is 4.12. The molecule has 0 unspecified atom stereocenters. The van der Waals surface area contributed by atoms with Gasteiger partial charge in [0.1, 0.15) is 11.4 Å². The number of rotatable bonds is 4. The number of carbonyl (C=O) groups excluding carboxylic acids is 1. The van der Waals surface area contributed by atoms with E-state index in [9.17, 15) is 9.59 Å².